The van der Waals surface area contributed by atoms with Gasteiger partial charge in [0.15, 0.2) is 0 Å². The molecule has 112 valence electrons. The lowest BCUT2D eigenvalue weighted by molar-refractivity contribution is -0.137. The highest BCUT2D eigenvalue weighted by atomic mass is 16.4. The highest BCUT2D eigenvalue weighted by Crippen LogP contribution is 2.15. The van der Waals surface area contributed by atoms with Crippen LogP contribution in [0.3, 0.4) is 0 Å². The molecule has 20 heavy (non-hydrogen) atoms. The number of aromatic amines is 1. The fourth-order valence-corrected chi connectivity index (χ4v) is 2.24. The minimum atomic E-state index is -0.767. The van der Waals surface area contributed by atoms with Gasteiger partial charge in [-0.05, 0) is 32.6 Å². The predicted molar refractivity (Wildman–Crippen MR) is 75.7 cm³/mol. The summed E-state index contributed by atoms with van der Waals surface area (Å²) in [6.45, 7) is 6.20. The number of carboxylic acids is 1. The fourth-order valence-electron chi connectivity index (χ4n) is 2.24. The molecule has 0 spiro atoms. The Labute approximate surface area is 119 Å². The van der Waals surface area contributed by atoms with Crippen LogP contribution >= 0.6 is 0 Å². The third kappa shape index (κ3) is 4.68. The molecule has 0 saturated heterocycles. The van der Waals surface area contributed by atoms with Crippen molar-refractivity contribution in [3.63, 3.8) is 0 Å². The van der Waals surface area contributed by atoms with Crippen molar-refractivity contribution in [2.24, 2.45) is 5.92 Å². The fraction of sp³-hybridized carbons (Fsp3) is 0.643. The van der Waals surface area contributed by atoms with Crippen molar-refractivity contribution >= 4 is 11.9 Å². The topological polar surface area (TPSA) is 95.1 Å². The lowest BCUT2D eigenvalue weighted by Crippen LogP contribution is -2.27. The van der Waals surface area contributed by atoms with Gasteiger partial charge >= 0.3 is 5.97 Å². The average Bonchev–Trinajstić information content (AvgIpc) is 2.72. The van der Waals surface area contributed by atoms with Gasteiger partial charge in [0.05, 0.1) is 11.3 Å². The van der Waals surface area contributed by atoms with E-state index in [1.54, 1.807) is 6.92 Å². The summed E-state index contributed by atoms with van der Waals surface area (Å²) in [6.07, 6.45) is 2.57. The van der Waals surface area contributed by atoms with Crippen LogP contribution in [0, 0.1) is 19.8 Å². The van der Waals surface area contributed by atoms with Gasteiger partial charge in [0.1, 0.15) is 0 Å². The van der Waals surface area contributed by atoms with E-state index in [0.29, 0.717) is 30.1 Å². The van der Waals surface area contributed by atoms with Crippen LogP contribution in [0.2, 0.25) is 0 Å². The third-order valence-electron chi connectivity index (χ3n) is 3.54. The molecule has 0 aliphatic heterocycles. The molecule has 0 radical (unpaired) electrons. The van der Waals surface area contributed by atoms with Crippen molar-refractivity contribution in [1.82, 2.24) is 15.5 Å². The smallest absolute Gasteiger partial charge is 0.303 e. The normalized spacial score (nSPS) is 12.2. The van der Waals surface area contributed by atoms with Crippen molar-refractivity contribution < 1.29 is 14.7 Å². The first-order chi connectivity index (χ1) is 9.45. The SMILES string of the molecule is CCC(CCNC(=O)c1c(C)n[nH]c1C)CCC(=O)O. The number of hydrogen-bond acceptors (Lipinski definition) is 3. The van der Waals surface area contributed by atoms with E-state index in [1.165, 1.54) is 0 Å². The second kappa shape index (κ2) is 7.67. The summed E-state index contributed by atoms with van der Waals surface area (Å²) >= 11 is 0. The second-order valence-corrected chi connectivity index (χ2v) is 5.06. The Kier molecular flexibility index (Phi) is 6.21. The highest BCUT2D eigenvalue weighted by Gasteiger charge is 2.15. The summed E-state index contributed by atoms with van der Waals surface area (Å²) in [5.41, 5.74) is 2.06. The Morgan fingerprint density at radius 1 is 1.35 bits per heavy atom. The Bertz CT molecular complexity index is 449. The molecule has 0 aromatic carbocycles. The van der Waals surface area contributed by atoms with Gasteiger partial charge in [0, 0.05) is 18.7 Å². The number of hydrogen-bond donors (Lipinski definition) is 3. The maximum atomic E-state index is 12.0. The summed E-state index contributed by atoms with van der Waals surface area (Å²) < 4.78 is 0. The maximum absolute atomic E-state index is 12.0. The van der Waals surface area contributed by atoms with Crippen molar-refractivity contribution in [2.75, 3.05) is 6.54 Å². The first-order valence-electron chi connectivity index (χ1n) is 6.97. The third-order valence-corrected chi connectivity index (χ3v) is 3.54. The number of H-pyrrole nitrogens is 1. The molecule has 1 heterocycles. The molecule has 1 aromatic heterocycles. The van der Waals surface area contributed by atoms with E-state index in [1.807, 2.05) is 13.8 Å². The summed E-state index contributed by atoms with van der Waals surface area (Å²) in [6, 6.07) is 0. The molecule has 1 rings (SSSR count). The highest BCUT2D eigenvalue weighted by molar-refractivity contribution is 5.96. The number of aromatic nitrogens is 2. The van der Waals surface area contributed by atoms with Crippen LogP contribution in [-0.4, -0.2) is 33.7 Å². The number of nitrogens with one attached hydrogen (secondary N) is 2. The predicted octanol–water partition coefficient (Wildman–Crippen LogP) is 2.04. The minimum Gasteiger partial charge on any atom is -0.481 e. The number of carbonyl (C=O) groups excluding carboxylic acids is 1. The number of carbonyl (C=O) groups is 2. The first-order valence-corrected chi connectivity index (χ1v) is 6.97. The minimum absolute atomic E-state index is 0.123. The van der Waals surface area contributed by atoms with E-state index >= 15 is 0 Å². The zero-order valence-corrected chi connectivity index (χ0v) is 12.3. The van der Waals surface area contributed by atoms with E-state index in [9.17, 15) is 9.59 Å². The zero-order chi connectivity index (χ0) is 15.1. The van der Waals surface area contributed by atoms with Crippen LogP contribution in [0.5, 0.6) is 0 Å². The molecular weight excluding hydrogens is 258 g/mol. The van der Waals surface area contributed by atoms with Crippen molar-refractivity contribution in [1.29, 1.82) is 0 Å². The van der Waals surface area contributed by atoms with Crippen LogP contribution < -0.4 is 5.32 Å². The molecular formula is C14H23N3O3. The number of nitrogens with zero attached hydrogens (tertiary/aromatic N) is 1. The largest absolute Gasteiger partial charge is 0.481 e. The average molecular weight is 281 g/mol. The van der Waals surface area contributed by atoms with Gasteiger partial charge in [-0.2, -0.15) is 5.10 Å². The molecule has 0 aliphatic rings. The molecule has 0 saturated carbocycles. The monoisotopic (exact) mass is 281 g/mol. The molecule has 0 fully saturated rings. The summed E-state index contributed by atoms with van der Waals surface area (Å²) in [7, 11) is 0. The van der Waals surface area contributed by atoms with Crippen LogP contribution in [0.15, 0.2) is 0 Å². The molecule has 0 aliphatic carbocycles. The summed E-state index contributed by atoms with van der Waals surface area (Å²) in [5, 5.41) is 18.3. The van der Waals surface area contributed by atoms with Crippen molar-refractivity contribution in [3.05, 3.63) is 17.0 Å². The number of aryl methyl sites for hydroxylation is 2. The van der Waals surface area contributed by atoms with Crippen molar-refractivity contribution in [3.8, 4) is 0 Å². The van der Waals surface area contributed by atoms with Crippen LogP contribution in [-0.2, 0) is 4.79 Å². The first kappa shape index (κ1) is 16.2. The molecule has 0 bridgehead atoms. The van der Waals surface area contributed by atoms with E-state index < -0.39 is 5.97 Å². The van der Waals surface area contributed by atoms with Gasteiger partial charge in [-0.1, -0.05) is 13.3 Å². The van der Waals surface area contributed by atoms with Crippen molar-refractivity contribution in [2.45, 2.75) is 46.5 Å². The Balaban J connectivity index is 2.39. The van der Waals surface area contributed by atoms with E-state index in [-0.39, 0.29) is 12.3 Å². The van der Waals surface area contributed by atoms with Crippen LogP contribution in [0.25, 0.3) is 0 Å². The summed E-state index contributed by atoms with van der Waals surface area (Å²) in [5.74, 6) is -0.558. The molecule has 1 amide bonds. The van der Waals surface area contributed by atoms with Gasteiger partial charge in [0.25, 0.3) is 5.91 Å². The van der Waals surface area contributed by atoms with Crippen LogP contribution in [0.4, 0.5) is 0 Å². The molecule has 1 atom stereocenters. The number of amides is 1. The summed E-state index contributed by atoms with van der Waals surface area (Å²) in [4.78, 5) is 22.6. The molecule has 6 heteroatoms. The van der Waals surface area contributed by atoms with E-state index in [0.717, 1.165) is 18.5 Å². The Morgan fingerprint density at radius 3 is 2.55 bits per heavy atom. The molecule has 3 N–H and O–H groups in total. The lowest BCUT2D eigenvalue weighted by atomic mass is 9.96. The van der Waals surface area contributed by atoms with Gasteiger partial charge < -0.3 is 10.4 Å². The Morgan fingerprint density at radius 2 is 2.05 bits per heavy atom. The van der Waals surface area contributed by atoms with Gasteiger partial charge in [0.2, 0.25) is 0 Å². The van der Waals surface area contributed by atoms with Gasteiger partial charge in [-0.25, -0.2) is 0 Å². The molecule has 1 unspecified atom stereocenters. The van der Waals surface area contributed by atoms with Crippen LogP contribution in [0.1, 0.15) is 54.4 Å². The zero-order valence-electron chi connectivity index (χ0n) is 12.3. The number of rotatable bonds is 8. The Hall–Kier alpha value is -1.85. The lowest BCUT2D eigenvalue weighted by Gasteiger charge is -2.14. The standard InChI is InChI=1S/C14H23N3O3/c1-4-11(5-6-12(18)19)7-8-15-14(20)13-9(2)16-17-10(13)3/h11H,4-8H2,1-3H3,(H,15,20)(H,16,17)(H,18,19). The van der Waals surface area contributed by atoms with Gasteiger partial charge in [-0.3, -0.25) is 14.7 Å². The van der Waals surface area contributed by atoms with Gasteiger partial charge in [-0.15, -0.1) is 0 Å². The second-order valence-electron chi connectivity index (χ2n) is 5.06. The quantitative estimate of drug-likeness (QED) is 0.679. The molecule has 1 aromatic rings. The maximum Gasteiger partial charge on any atom is 0.303 e. The van der Waals surface area contributed by atoms with E-state index in [4.69, 9.17) is 5.11 Å². The van der Waals surface area contributed by atoms with E-state index in [2.05, 4.69) is 15.5 Å². The number of carboxylic acid groups (broad SMARTS) is 1. The molecule has 6 nitrogen and oxygen atoms in total. The number of aliphatic carboxylic acids is 1.